The average molecular weight is 326 g/mol. The van der Waals surface area contributed by atoms with E-state index in [-0.39, 0.29) is 12.2 Å². The molecule has 2 fully saturated rings. The Labute approximate surface area is 132 Å². The van der Waals surface area contributed by atoms with Gasteiger partial charge in [-0.05, 0) is 6.07 Å². The van der Waals surface area contributed by atoms with Crippen LogP contribution in [0.1, 0.15) is 12.6 Å². The summed E-state index contributed by atoms with van der Waals surface area (Å²) in [6, 6.07) is 1.57. The van der Waals surface area contributed by atoms with Crippen molar-refractivity contribution in [1.29, 1.82) is 0 Å². The lowest BCUT2D eigenvalue weighted by Crippen LogP contribution is -2.35. The second-order valence-electron chi connectivity index (χ2n) is 5.43. The van der Waals surface area contributed by atoms with Crippen LogP contribution < -0.4 is 5.69 Å². The number of aliphatic imine (C=N–C) groups is 1. The summed E-state index contributed by atoms with van der Waals surface area (Å²) in [6.07, 6.45) is 0.197. The molecular formula is C14H19FN4O4. The summed E-state index contributed by atoms with van der Waals surface area (Å²) in [6.45, 7) is 2.38. The number of aliphatic hydroxyl groups is 1. The topological polar surface area (TPSA) is 89.2 Å². The van der Waals surface area contributed by atoms with E-state index in [1.54, 1.807) is 12.4 Å². The van der Waals surface area contributed by atoms with Gasteiger partial charge in [-0.1, -0.05) is 0 Å². The number of morpholine rings is 1. The normalized spacial score (nSPS) is 28.6. The molecule has 3 atom stereocenters. The maximum atomic E-state index is 13.6. The first-order chi connectivity index (χ1) is 11.2. The Morgan fingerprint density at radius 2 is 2.26 bits per heavy atom. The van der Waals surface area contributed by atoms with Crippen molar-refractivity contribution in [2.75, 3.05) is 32.9 Å². The number of hydrogen-bond acceptors (Lipinski definition) is 6. The zero-order valence-corrected chi connectivity index (χ0v) is 12.5. The Hall–Kier alpha value is -1.84. The number of aromatic nitrogens is 2. The molecular weight excluding hydrogens is 307 g/mol. The zero-order chi connectivity index (χ0) is 16.2. The highest BCUT2D eigenvalue weighted by Gasteiger charge is 2.36. The standard InChI is InChI=1S/C14H19FN4O4/c15-10-7-13(23-11(10)8-20)19-2-1-12(17-14(19)21)16-9-18-3-5-22-6-4-18/h1-2,9-11,13,20H,3-8H2. The molecule has 126 valence electrons. The first-order valence-corrected chi connectivity index (χ1v) is 7.53. The fraction of sp³-hybridized carbons (Fsp3) is 0.643. The summed E-state index contributed by atoms with van der Waals surface area (Å²) in [5.74, 6) is 0.284. The summed E-state index contributed by atoms with van der Waals surface area (Å²) in [7, 11) is 0. The third-order valence-corrected chi connectivity index (χ3v) is 3.87. The summed E-state index contributed by atoms with van der Waals surface area (Å²) in [5.41, 5.74) is -0.558. The quantitative estimate of drug-likeness (QED) is 0.612. The van der Waals surface area contributed by atoms with E-state index >= 15 is 0 Å². The molecule has 0 amide bonds. The van der Waals surface area contributed by atoms with Crippen LogP contribution in [0.25, 0.3) is 0 Å². The van der Waals surface area contributed by atoms with Gasteiger partial charge in [0.2, 0.25) is 0 Å². The van der Waals surface area contributed by atoms with Gasteiger partial charge in [-0.25, -0.2) is 14.2 Å². The van der Waals surface area contributed by atoms with Crippen molar-refractivity contribution in [1.82, 2.24) is 14.5 Å². The van der Waals surface area contributed by atoms with Crippen molar-refractivity contribution in [2.24, 2.45) is 4.99 Å². The van der Waals surface area contributed by atoms with E-state index in [4.69, 9.17) is 14.6 Å². The molecule has 0 saturated carbocycles. The minimum Gasteiger partial charge on any atom is -0.394 e. The van der Waals surface area contributed by atoms with Crippen LogP contribution in [0.5, 0.6) is 0 Å². The molecule has 2 aliphatic heterocycles. The van der Waals surface area contributed by atoms with Gasteiger partial charge in [0.25, 0.3) is 0 Å². The summed E-state index contributed by atoms with van der Waals surface area (Å²) in [5, 5.41) is 9.01. The van der Waals surface area contributed by atoms with Gasteiger partial charge in [-0.3, -0.25) is 4.57 Å². The van der Waals surface area contributed by atoms with Gasteiger partial charge < -0.3 is 19.5 Å². The molecule has 3 rings (SSSR count). The maximum Gasteiger partial charge on any atom is 0.351 e. The summed E-state index contributed by atoms with van der Waals surface area (Å²) >= 11 is 0. The first-order valence-electron chi connectivity index (χ1n) is 7.53. The zero-order valence-electron chi connectivity index (χ0n) is 12.5. The van der Waals surface area contributed by atoms with Gasteiger partial charge in [-0.15, -0.1) is 0 Å². The van der Waals surface area contributed by atoms with E-state index in [2.05, 4.69) is 9.98 Å². The predicted molar refractivity (Wildman–Crippen MR) is 79.5 cm³/mol. The third-order valence-electron chi connectivity index (χ3n) is 3.87. The SMILES string of the molecule is O=c1nc(N=CN2CCOCC2)ccn1C1CC(F)C(CO)O1. The van der Waals surface area contributed by atoms with Crippen LogP contribution in [-0.4, -0.2) is 71.1 Å². The molecule has 2 saturated heterocycles. The number of hydrogen-bond donors (Lipinski definition) is 1. The van der Waals surface area contributed by atoms with Crippen LogP contribution >= 0.6 is 0 Å². The largest absolute Gasteiger partial charge is 0.394 e. The minimum absolute atomic E-state index is 0.0171. The van der Waals surface area contributed by atoms with E-state index in [9.17, 15) is 9.18 Å². The van der Waals surface area contributed by atoms with Crippen molar-refractivity contribution in [2.45, 2.75) is 24.9 Å². The Morgan fingerprint density at radius 3 is 2.91 bits per heavy atom. The van der Waals surface area contributed by atoms with Crippen molar-refractivity contribution in [3.8, 4) is 0 Å². The van der Waals surface area contributed by atoms with Crippen LogP contribution in [0, 0.1) is 0 Å². The van der Waals surface area contributed by atoms with Crippen LogP contribution in [0.2, 0.25) is 0 Å². The van der Waals surface area contributed by atoms with Crippen molar-refractivity contribution < 1.29 is 19.0 Å². The number of halogens is 1. The van der Waals surface area contributed by atoms with E-state index in [0.717, 1.165) is 13.1 Å². The van der Waals surface area contributed by atoms with E-state index in [0.29, 0.717) is 13.2 Å². The lowest BCUT2D eigenvalue weighted by Gasteiger charge is -2.23. The van der Waals surface area contributed by atoms with Gasteiger partial charge in [-0.2, -0.15) is 4.98 Å². The third kappa shape index (κ3) is 3.74. The number of alkyl halides is 1. The Kier molecular flexibility index (Phi) is 4.99. The minimum atomic E-state index is -1.30. The van der Waals surface area contributed by atoms with E-state index < -0.39 is 30.8 Å². The molecule has 0 aromatic carbocycles. The lowest BCUT2D eigenvalue weighted by molar-refractivity contribution is -0.0355. The van der Waals surface area contributed by atoms with Crippen LogP contribution in [0.4, 0.5) is 10.2 Å². The monoisotopic (exact) mass is 326 g/mol. The number of ether oxygens (including phenoxy) is 2. The Bertz CT molecular complexity index is 617. The van der Waals surface area contributed by atoms with Gasteiger partial charge in [0.1, 0.15) is 18.5 Å². The second-order valence-corrected chi connectivity index (χ2v) is 5.43. The van der Waals surface area contributed by atoms with Crippen molar-refractivity contribution in [3.63, 3.8) is 0 Å². The number of rotatable bonds is 4. The Morgan fingerprint density at radius 1 is 1.48 bits per heavy atom. The highest BCUT2D eigenvalue weighted by Crippen LogP contribution is 2.29. The molecule has 1 N–H and O–H groups in total. The lowest BCUT2D eigenvalue weighted by atomic mass is 10.2. The summed E-state index contributed by atoms with van der Waals surface area (Å²) < 4.78 is 25.4. The molecule has 0 radical (unpaired) electrons. The van der Waals surface area contributed by atoms with E-state index in [1.807, 2.05) is 4.90 Å². The molecule has 23 heavy (non-hydrogen) atoms. The fourth-order valence-corrected chi connectivity index (χ4v) is 2.55. The van der Waals surface area contributed by atoms with Gasteiger partial charge in [0, 0.05) is 25.7 Å². The second kappa shape index (κ2) is 7.16. The molecule has 0 aliphatic carbocycles. The molecule has 3 unspecified atom stereocenters. The van der Waals surface area contributed by atoms with Gasteiger partial charge in [0.15, 0.2) is 5.82 Å². The van der Waals surface area contributed by atoms with Crippen LogP contribution in [0.3, 0.4) is 0 Å². The van der Waals surface area contributed by atoms with Gasteiger partial charge >= 0.3 is 5.69 Å². The predicted octanol–water partition coefficient (Wildman–Crippen LogP) is -0.147. The molecule has 0 bridgehead atoms. The van der Waals surface area contributed by atoms with Crippen molar-refractivity contribution in [3.05, 3.63) is 22.7 Å². The number of aliphatic hydroxyl groups excluding tert-OH is 1. The maximum absolute atomic E-state index is 13.6. The Balaban J connectivity index is 1.68. The smallest absolute Gasteiger partial charge is 0.351 e. The van der Waals surface area contributed by atoms with Crippen LogP contribution in [0.15, 0.2) is 22.1 Å². The fourth-order valence-electron chi connectivity index (χ4n) is 2.55. The molecule has 0 spiro atoms. The molecule has 1 aromatic heterocycles. The van der Waals surface area contributed by atoms with Crippen LogP contribution in [-0.2, 0) is 9.47 Å². The highest BCUT2D eigenvalue weighted by molar-refractivity contribution is 5.59. The number of nitrogens with zero attached hydrogens (tertiary/aromatic N) is 4. The van der Waals surface area contributed by atoms with Gasteiger partial charge in [0.05, 0.1) is 26.2 Å². The highest BCUT2D eigenvalue weighted by atomic mass is 19.1. The molecule has 8 nitrogen and oxygen atoms in total. The van der Waals surface area contributed by atoms with E-state index in [1.165, 1.54) is 10.8 Å². The first kappa shape index (κ1) is 16.0. The molecule has 2 aliphatic rings. The molecule has 3 heterocycles. The summed E-state index contributed by atoms with van der Waals surface area (Å²) in [4.78, 5) is 22.1. The van der Waals surface area contributed by atoms with Crippen molar-refractivity contribution >= 4 is 12.2 Å². The molecule has 1 aromatic rings. The average Bonchev–Trinajstić information content (AvgIpc) is 2.94. The molecule has 9 heteroatoms.